The minimum atomic E-state index is -0.246. The topological polar surface area (TPSA) is 50.3 Å². The third kappa shape index (κ3) is 2.84. The largest absolute Gasteiger partial charge is 0.269 e. The van der Waals surface area contributed by atoms with Gasteiger partial charge in [0.1, 0.15) is 0 Å². The third-order valence-corrected chi connectivity index (χ3v) is 3.17. The molecule has 0 atom stereocenters. The molecule has 21 heavy (non-hydrogen) atoms. The smallest absolute Gasteiger partial charge is 0.261 e. The second-order valence-electron chi connectivity index (χ2n) is 4.57. The molecule has 3 rings (SSSR count). The van der Waals surface area contributed by atoms with Gasteiger partial charge in [-0.15, -0.1) is 0 Å². The molecular weight excluding hydrogens is 264 g/mol. The normalized spacial score (nSPS) is 12.8. The molecule has 2 amide bonds. The number of fused-ring (bicyclic) bond motifs is 1. The van der Waals surface area contributed by atoms with Crippen LogP contribution >= 0.6 is 0 Å². The van der Waals surface area contributed by atoms with Crippen LogP contribution < -0.4 is 0 Å². The highest BCUT2D eigenvalue weighted by molar-refractivity contribution is 6.21. The van der Waals surface area contributed by atoms with Crippen molar-refractivity contribution >= 4 is 11.8 Å². The maximum atomic E-state index is 12.2. The lowest BCUT2D eigenvalue weighted by molar-refractivity contribution is 0.0640. The fraction of sp³-hybridized carbons (Fsp3) is 0.235. The van der Waals surface area contributed by atoms with Gasteiger partial charge >= 0.3 is 0 Å². The molecule has 0 bridgehead atoms. The third-order valence-electron chi connectivity index (χ3n) is 3.17. The highest BCUT2D eigenvalue weighted by atomic mass is 16.2. The number of pyridine rings is 1. The Kier molecular flexibility index (Phi) is 4.48. The molecule has 2 heterocycles. The summed E-state index contributed by atoms with van der Waals surface area (Å²) >= 11 is 0. The quantitative estimate of drug-likeness (QED) is 0.795. The van der Waals surface area contributed by atoms with Crippen LogP contribution in [0.2, 0.25) is 0 Å². The summed E-state index contributed by atoms with van der Waals surface area (Å²) in [6, 6.07) is 10.6. The van der Waals surface area contributed by atoms with Gasteiger partial charge in [0, 0.05) is 6.20 Å². The Bertz CT molecular complexity index is 645. The van der Waals surface area contributed by atoms with Crippen molar-refractivity contribution in [3.63, 3.8) is 0 Å². The van der Waals surface area contributed by atoms with Crippen molar-refractivity contribution in [2.45, 2.75) is 27.3 Å². The Hall–Kier alpha value is -2.49. The van der Waals surface area contributed by atoms with Gasteiger partial charge in [0.25, 0.3) is 11.8 Å². The predicted octanol–water partition coefficient (Wildman–Crippen LogP) is 3.21. The molecule has 1 aromatic carbocycles. The fourth-order valence-electron chi connectivity index (χ4n) is 2.23. The van der Waals surface area contributed by atoms with E-state index in [1.807, 2.05) is 32.9 Å². The molecule has 2 aromatic rings. The molecule has 4 heteroatoms. The van der Waals surface area contributed by atoms with Gasteiger partial charge in [-0.2, -0.15) is 0 Å². The van der Waals surface area contributed by atoms with Crippen LogP contribution in [0.5, 0.6) is 0 Å². The number of nitrogens with zero attached hydrogens (tertiary/aromatic N) is 2. The van der Waals surface area contributed by atoms with Crippen LogP contribution in [0.25, 0.3) is 0 Å². The molecule has 0 N–H and O–H groups in total. The molecule has 1 aliphatic heterocycles. The summed E-state index contributed by atoms with van der Waals surface area (Å²) in [7, 11) is 0. The van der Waals surface area contributed by atoms with Gasteiger partial charge in [0.05, 0.1) is 23.4 Å². The zero-order valence-corrected chi connectivity index (χ0v) is 12.5. The molecular formula is C17H18N2O2. The molecule has 108 valence electrons. The van der Waals surface area contributed by atoms with E-state index in [1.54, 1.807) is 30.5 Å². The van der Waals surface area contributed by atoms with Crippen LogP contribution in [0, 0.1) is 6.92 Å². The van der Waals surface area contributed by atoms with Crippen LogP contribution in [0.1, 0.15) is 45.8 Å². The minimum absolute atomic E-state index is 0.216. The van der Waals surface area contributed by atoms with Crippen molar-refractivity contribution in [3.8, 4) is 0 Å². The maximum Gasteiger partial charge on any atom is 0.261 e. The first-order chi connectivity index (χ1) is 10.2. The number of amides is 2. The molecule has 0 spiro atoms. The van der Waals surface area contributed by atoms with E-state index in [0.29, 0.717) is 11.1 Å². The zero-order chi connectivity index (χ0) is 15.4. The van der Waals surface area contributed by atoms with Crippen LogP contribution in [0.15, 0.2) is 42.6 Å². The summed E-state index contributed by atoms with van der Waals surface area (Å²) in [4.78, 5) is 29.8. The van der Waals surface area contributed by atoms with Crippen molar-refractivity contribution < 1.29 is 9.59 Å². The Labute approximate surface area is 124 Å². The summed E-state index contributed by atoms with van der Waals surface area (Å²) < 4.78 is 0. The van der Waals surface area contributed by atoms with Gasteiger partial charge in [0.2, 0.25) is 0 Å². The van der Waals surface area contributed by atoms with Crippen LogP contribution in [-0.2, 0) is 6.54 Å². The number of aromatic nitrogens is 1. The Balaban J connectivity index is 0.000000774. The first-order valence-electron chi connectivity index (χ1n) is 7.03. The number of benzene rings is 1. The average molecular weight is 282 g/mol. The van der Waals surface area contributed by atoms with Crippen molar-refractivity contribution in [1.29, 1.82) is 0 Å². The lowest BCUT2D eigenvalue weighted by Gasteiger charge is -2.13. The molecule has 0 aliphatic carbocycles. The molecule has 0 saturated heterocycles. The van der Waals surface area contributed by atoms with E-state index in [0.717, 1.165) is 11.3 Å². The summed E-state index contributed by atoms with van der Waals surface area (Å²) in [5, 5.41) is 0. The maximum absolute atomic E-state index is 12.2. The molecule has 0 saturated carbocycles. The highest BCUT2D eigenvalue weighted by Crippen LogP contribution is 2.23. The summed E-state index contributed by atoms with van der Waals surface area (Å²) in [5.41, 5.74) is 2.72. The van der Waals surface area contributed by atoms with E-state index in [2.05, 4.69) is 4.98 Å². The van der Waals surface area contributed by atoms with E-state index in [-0.39, 0.29) is 18.4 Å². The Morgan fingerprint density at radius 3 is 2.10 bits per heavy atom. The molecule has 0 fully saturated rings. The fourth-order valence-corrected chi connectivity index (χ4v) is 2.23. The lowest BCUT2D eigenvalue weighted by atomic mass is 10.1. The van der Waals surface area contributed by atoms with Crippen molar-refractivity contribution in [2.24, 2.45) is 0 Å². The number of carbonyl (C=O) groups excluding carboxylic acids is 2. The van der Waals surface area contributed by atoms with Crippen molar-refractivity contribution in [2.75, 3.05) is 0 Å². The van der Waals surface area contributed by atoms with E-state index in [1.165, 1.54) is 4.90 Å². The molecule has 1 aromatic heterocycles. The second kappa shape index (κ2) is 6.31. The van der Waals surface area contributed by atoms with E-state index in [9.17, 15) is 9.59 Å². The Morgan fingerprint density at radius 2 is 1.57 bits per heavy atom. The average Bonchev–Trinajstić information content (AvgIpc) is 2.75. The second-order valence-corrected chi connectivity index (χ2v) is 4.57. The summed E-state index contributed by atoms with van der Waals surface area (Å²) in [6.45, 7) is 6.17. The van der Waals surface area contributed by atoms with Crippen molar-refractivity contribution in [1.82, 2.24) is 9.88 Å². The Morgan fingerprint density at radius 1 is 1.00 bits per heavy atom. The number of hydrogen-bond donors (Lipinski definition) is 0. The number of carbonyl (C=O) groups is 2. The first kappa shape index (κ1) is 14.9. The van der Waals surface area contributed by atoms with Crippen LogP contribution in [-0.4, -0.2) is 21.7 Å². The van der Waals surface area contributed by atoms with Crippen LogP contribution in [0.4, 0.5) is 0 Å². The first-order valence-corrected chi connectivity index (χ1v) is 7.03. The monoisotopic (exact) mass is 282 g/mol. The number of rotatable bonds is 2. The van der Waals surface area contributed by atoms with Gasteiger partial charge in [0.15, 0.2) is 0 Å². The number of hydrogen-bond acceptors (Lipinski definition) is 3. The van der Waals surface area contributed by atoms with Gasteiger partial charge in [-0.25, -0.2) is 0 Å². The van der Waals surface area contributed by atoms with Crippen molar-refractivity contribution in [3.05, 3.63) is 65.0 Å². The van der Waals surface area contributed by atoms with Gasteiger partial charge in [-0.05, 0) is 36.8 Å². The predicted molar refractivity (Wildman–Crippen MR) is 81.0 cm³/mol. The van der Waals surface area contributed by atoms with Gasteiger partial charge < -0.3 is 0 Å². The number of aryl methyl sites for hydroxylation is 1. The lowest BCUT2D eigenvalue weighted by Crippen LogP contribution is -2.29. The van der Waals surface area contributed by atoms with Gasteiger partial charge in [-0.3, -0.25) is 19.5 Å². The number of imide groups is 1. The molecule has 4 nitrogen and oxygen atoms in total. The molecule has 0 radical (unpaired) electrons. The SMILES string of the molecule is CC.Cc1ccnc(CN2C(=O)c3ccccc3C2=O)c1. The van der Waals surface area contributed by atoms with E-state index < -0.39 is 0 Å². The van der Waals surface area contributed by atoms with E-state index >= 15 is 0 Å². The standard InChI is InChI=1S/C15H12N2O2.C2H6/c1-10-6-7-16-11(8-10)9-17-14(18)12-4-2-3-5-13(12)15(17)19;1-2/h2-8H,9H2,1H3;1-2H3. The van der Waals surface area contributed by atoms with E-state index in [4.69, 9.17) is 0 Å². The molecule has 1 aliphatic rings. The highest BCUT2D eigenvalue weighted by Gasteiger charge is 2.35. The minimum Gasteiger partial charge on any atom is -0.269 e. The molecule has 0 unspecified atom stereocenters. The van der Waals surface area contributed by atoms with Gasteiger partial charge in [-0.1, -0.05) is 26.0 Å². The van der Waals surface area contributed by atoms with Crippen LogP contribution in [0.3, 0.4) is 0 Å². The summed E-state index contributed by atoms with van der Waals surface area (Å²) in [6.07, 6.45) is 1.68. The zero-order valence-electron chi connectivity index (χ0n) is 12.5. The summed E-state index contributed by atoms with van der Waals surface area (Å²) in [5.74, 6) is -0.493.